The molecule has 0 radical (unpaired) electrons. The summed E-state index contributed by atoms with van der Waals surface area (Å²) in [6, 6.07) is 6.58. The van der Waals surface area contributed by atoms with Crippen molar-refractivity contribution in [1.82, 2.24) is 4.90 Å². The SMILES string of the molecule is CCN1C[C@]2(COC)C=C[C@H](OC)[C@@]34[C@@H]5C[C@@]6(O)[C@H](OC(=O)c7ccc(OC)cc7)[C@@H]5[C@](OC(C)=O)(C[C@H]6OC)[C@@H]([C@H](OC)[C@H]23)[C@@H]14. The van der Waals surface area contributed by atoms with Crippen LogP contribution in [-0.2, 0) is 33.2 Å². The van der Waals surface area contributed by atoms with E-state index in [9.17, 15) is 14.7 Å². The van der Waals surface area contributed by atoms with E-state index in [0.717, 1.165) is 13.1 Å². The highest BCUT2D eigenvalue weighted by molar-refractivity contribution is 5.89. The predicted octanol–water partition coefficient (Wildman–Crippen LogP) is 2.49. The largest absolute Gasteiger partial charge is 0.497 e. The monoisotopic (exact) mass is 641 g/mol. The number of likely N-dealkylation sites (tertiary alicyclic amines) is 1. The first kappa shape index (κ1) is 32.0. The number of ether oxygens (including phenoxy) is 7. The molecule has 0 aromatic heterocycles. The zero-order valence-corrected chi connectivity index (χ0v) is 27.8. The van der Waals surface area contributed by atoms with Crippen molar-refractivity contribution in [2.75, 3.05) is 55.2 Å². The van der Waals surface area contributed by atoms with Crippen LogP contribution in [0.15, 0.2) is 36.4 Å². The molecule has 6 aliphatic rings. The number of hydrogen-bond acceptors (Lipinski definition) is 11. The lowest BCUT2D eigenvalue weighted by Gasteiger charge is -2.67. The van der Waals surface area contributed by atoms with Crippen LogP contribution in [0.2, 0.25) is 0 Å². The molecule has 1 aromatic carbocycles. The van der Waals surface area contributed by atoms with E-state index in [4.69, 9.17) is 33.2 Å². The molecular weight excluding hydrogens is 594 g/mol. The van der Waals surface area contributed by atoms with Gasteiger partial charge in [0.15, 0.2) is 0 Å². The Hall–Kier alpha value is -2.54. The molecule has 11 heteroatoms. The predicted molar refractivity (Wildman–Crippen MR) is 164 cm³/mol. The fourth-order valence-corrected chi connectivity index (χ4v) is 11.9. The number of esters is 2. The molecule has 0 unspecified atom stereocenters. The zero-order valence-electron chi connectivity index (χ0n) is 27.8. The van der Waals surface area contributed by atoms with Gasteiger partial charge < -0.3 is 38.3 Å². The molecule has 7 bridgehead atoms. The highest BCUT2D eigenvalue weighted by Crippen LogP contribution is 2.79. The van der Waals surface area contributed by atoms with Gasteiger partial charge in [-0.2, -0.15) is 0 Å². The van der Waals surface area contributed by atoms with E-state index in [-0.39, 0.29) is 48.8 Å². The van der Waals surface area contributed by atoms with Gasteiger partial charge in [-0.25, -0.2) is 4.79 Å². The topological polar surface area (TPSA) is 122 Å². The lowest BCUT2D eigenvalue weighted by atomic mass is 9.44. The third kappa shape index (κ3) is 3.81. The van der Waals surface area contributed by atoms with Crippen LogP contribution >= 0.6 is 0 Å². The second-order valence-electron chi connectivity index (χ2n) is 14.3. The number of carbonyl (C=O) groups is 2. The average molecular weight is 642 g/mol. The number of carbonyl (C=O) groups excluding carboxylic acids is 2. The lowest BCUT2D eigenvalue weighted by Crippen LogP contribution is -2.76. The molecule has 1 saturated heterocycles. The van der Waals surface area contributed by atoms with Gasteiger partial charge in [0.25, 0.3) is 0 Å². The number of methoxy groups -OCH3 is 5. The molecule has 1 aliphatic heterocycles. The lowest BCUT2D eigenvalue weighted by molar-refractivity contribution is -0.276. The zero-order chi connectivity index (χ0) is 32.8. The Balaban J connectivity index is 1.46. The minimum Gasteiger partial charge on any atom is -0.497 e. The van der Waals surface area contributed by atoms with Gasteiger partial charge in [0, 0.05) is 83.0 Å². The van der Waals surface area contributed by atoms with Crippen molar-refractivity contribution in [2.24, 2.45) is 34.5 Å². The molecule has 1 heterocycles. The Morgan fingerprint density at radius 1 is 1.00 bits per heavy atom. The van der Waals surface area contributed by atoms with Crippen molar-refractivity contribution in [1.29, 1.82) is 0 Å². The van der Waals surface area contributed by atoms with E-state index in [1.165, 1.54) is 6.92 Å². The van der Waals surface area contributed by atoms with Crippen LogP contribution in [0.25, 0.3) is 0 Å². The summed E-state index contributed by atoms with van der Waals surface area (Å²) in [5.74, 6) is -1.63. The van der Waals surface area contributed by atoms with Gasteiger partial charge in [-0.05, 0) is 43.1 Å². The molecular formula is C35H47NO10. The molecule has 0 amide bonds. The summed E-state index contributed by atoms with van der Waals surface area (Å²) < 4.78 is 43.3. The smallest absolute Gasteiger partial charge is 0.338 e. The normalized spacial score (nSPS) is 46.2. The summed E-state index contributed by atoms with van der Waals surface area (Å²) in [6.45, 7) is 5.56. The van der Waals surface area contributed by atoms with Gasteiger partial charge in [-0.1, -0.05) is 19.1 Å². The van der Waals surface area contributed by atoms with Gasteiger partial charge in [-0.3, -0.25) is 9.69 Å². The molecule has 46 heavy (non-hydrogen) atoms. The maximum Gasteiger partial charge on any atom is 0.338 e. The summed E-state index contributed by atoms with van der Waals surface area (Å²) in [4.78, 5) is 29.6. The van der Waals surface area contributed by atoms with Gasteiger partial charge in [0.1, 0.15) is 23.1 Å². The first-order chi connectivity index (χ1) is 22.1. The molecule has 13 atom stereocenters. The number of nitrogens with zero attached hydrogens (tertiary/aromatic N) is 1. The average Bonchev–Trinajstić information content (AvgIpc) is 3.42. The summed E-state index contributed by atoms with van der Waals surface area (Å²) in [6.07, 6.45) is 2.50. The Morgan fingerprint density at radius 3 is 2.33 bits per heavy atom. The number of rotatable bonds is 10. The molecule has 5 fully saturated rings. The van der Waals surface area contributed by atoms with Crippen LogP contribution in [0, 0.1) is 34.5 Å². The number of hydrogen-bond donors (Lipinski definition) is 1. The summed E-state index contributed by atoms with van der Waals surface area (Å²) in [5.41, 5.74) is -3.36. The van der Waals surface area contributed by atoms with Crippen LogP contribution in [0.4, 0.5) is 0 Å². The minimum absolute atomic E-state index is 0.0815. The van der Waals surface area contributed by atoms with E-state index in [0.29, 0.717) is 17.9 Å². The number of fused-ring (bicyclic) bond motifs is 2. The summed E-state index contributed by atoms with van der Waals surface area (Å²) in [5, 5.41) is 12.8. The molecule has 252 valence electrons. The van der Waals surface area contributed by atoms with Crippen molar-refractivity contribution in [3.8, 4) is 5.75 Å². The number of benzene rings is 1. The Morgan fingerprint density at radius 2 is 1.74 bits per heavy atom. The van der Waals surface area contributed by atoms with Crippen molar-refractivity contribution in [3.63, 3.8) is 0 Å². The van der Waals surface area contributed by atoms with Crippen LogP contribution in [0.5, 0.6) is 5.75 Å². The standard InChI is InChI=1S/C35H47NO10/c1-8-36-17-32(18-40-3)14-13-23(42-5)35-22-15-33(39)24(43-6)16-34(46-19(2)37,26(29(35)36)27(44-7)28(32)35)25(22)30(33)45-31(38)20-9-11-21(41-4)12-10-20/h9-14,22-30,39H,8,15-18H2,1-7H3/t22-,23+,24-,25-,26+,27+,28-,29-,30-,32+,33+,34-,35+/m1/s1. The molecule has 7 rings (SSSR count). The molecule has 5 aliphatic carbocycles. The van der Waals surface area contributed by atoms with E-state index in [1.807, 2.05) is 0 Å². The van der Waals surface area contributed by atoms with E-state index < -0.39 is 52.1 Å². The first-order valence-corrected chi connectivity index (χ1v) is 16.3. The van der Waals surface area contributed by atoms with Gasteiger partial charge in [0.2, 0.25) is 0 Å². The third-order valence-corrected chi connectivity index (χ3v) is 12.8. The highest BCUT2D eigenvalue weighted by Gasteiger charge is 2.89. The van der Waals surface area contributed by atoms with Crippen molar-refractivity contribution in [3.05, 3.63) is 42.0 Å². The quantitative estimate of drug-likeness (QED) is 0.300. The Labute approximate surface area is 270 Å². The first-order valence-electron chi connectivity index (χ1n) is 16.3. The second kappa shape index (κ2) is 11.0. The van der Waals surface area contributed by atoms with Crippen LogP contribution in [0.1, 0.15) is 37.0 Å². The molecule has 4 saturated carbocycles. The van der Waals surface area contributed by atoms with Crippen LogP contribution < -0.4 is 4.74 Å². The van der Waals surface area contributed by atoms with Crippen molar-refractivity contribution < 1.29 is 47.9 Å². The molecule has 1 spiro atoms. The molecule has 1 aromatic rings. The van der Waals surface area contributed by atoms with Gasteiger partial charge >= 0.3 is 11.9 Å². The van der Waals surface area contributed by atoms with Crippen LogP contribution in [-0.4, -0.2) is 119 Å². The summed E-state index contributed by atoms with van der Waals surface area (Å²) >= 11 is 0. The van der Waals surface area contributed by atoms with E-state index in [1.54, 1.807) is 59.8 Å². The van der Waals surface area contributed by atoms with E-state index in [2.05, 4.69) is 24.0 Å². The second-order valence-corrected chi connectivity index (χ2v) is 14.3. The fourth-order valence-electron chi connectivity index (χ4n) is 11.9. The minimum atomic E-state index is -1.54. The number of aliphatic hydroxyl groups is 1. The molecule has 1 N–H and O–H groups in total. The fraction of sp³-hybridized carbons (Fsp3) is 0.714. The maximum atomic E-state index is 13.9. The van der Waals surface area contributed by atoms with Gasteiger partial charge in [0.05, 0.1) is 37.6 Å². The molecule has 11 nitrogen and oxygen atoms in total. The third-order valence-electron chi connectivity index (χ3n) is 12.8. The Kier molecular flexibility index (Phi) is 7.66. The maximum absolute atomic E-state index is 13.9. The van der Waals surface area contributed by atoms with Crippen molar-refractivity contribution in [2.45, 2.75) is 68.3 Å². The Bertz CT molecular complexity index is 1400. The number of piperidine rings is 1. The van der Waals surface area contributed by atoms with Crippen LogP contribution in [0.3, 0.4) is 0 Å². The summed E-state index contributed by atoms with van der Waals surface area (Å²) in [7, 11) is 8.31. The van der Waals surface area contributed by atoms with Crippen molar-refractivity contribution >= 4 is 11.9 Å². The van der Waals surface area contributed by atoms with Gasteiger partial charge in [-0.15, -0.1) is 0 Å². The highest BCUT2D eigenvalue weighted by atomic mass is 16.6. The van der Waals surface area contributed by atoms with E-state index >= 15 is 0 Å².